The molecule has 0 amide bonds. The van der Waals surface area contributed by atoms with Crippen molar-refractivity contribution in [1.82, 2.24) is 0 Å². The van der Waals surface area contributed by atoms with E-state index < -0.39 is 0 Å². The van der Waals surface area contributed by atoms with Crippen LogP contribution in [0.5, 0.6) is 0 Å². The van der Waals surface area contributed by atoms with Crippen molar-refractivity contribution >= 4 is 11.6 Å². The Bertz CT molecular complexity index is 127. The first-order chi connectivity index (χ1) is 8.24. The van der Waals surface area contributed by atoms with Crippen LogP contribution in [0.3, 0.4) is 0 Å². The van der Waals surface area contributed by atoms with Gasteiger partial charge in [-0.15, -0.1) is 11.6 Å². The third kappa shape index (κ3) is 9.63. The predicted octanol–water partition coefficient (Wildman–Crippen LogP) is 1.84. The maximum Gasteiger partial charge on any atom is 0.0798 e. The largest absolute Gasteiger partial charge is 1.00 e. The summed E-state index contributed by atoms with van der Waals surface area (Å²) in [6.07, 6.45) is 9.25. The Labute approximate surface area is 131 Å². The summed E-state index contributed by atoms with van der Waals surface area (Å²) in [4.78, 5) is 0. The molecule has 0 aliphatic heterocycles. The second kappa shape index (κ2) is 14.1. The van der Waals surface area contributed by atoms with Gasteiger partial charge in [-0.25, -0.2) is 0 Å². The lowest BCUT2D eigenvalue weighted by Gasteiger charge is -2.39. The minimum Gasteiger partial charge on any atom is -1.00 e. The van der Waals surface area contributed by atoms with Gasteiger partial charge in [0.15, 0.2) is 0 Å². The van der Waals surface area contributed by atoms with Crippen molar-refractivity contribution in [3.05, 3.63) is 0 Å². The molecule has 0 aromatic rings. The zero-order valence-corrected chi connectivity index (χ0v) is 15.0. The number of hydrogen-bond donors (Lipinski definition) is 0. The summed E-state index contributed by atoms with van der Waals surface area (Å²) in [5.74, 6) is 0.824. The summed E-state index contributed by atoms with van der Waals surface area (Å²) in [6.45, 7) is 12.3. The van der Waals surface area contributed by atoms with Crippen molar-refractivity contribution in [3.63, 3.8) is 0 Å². The lowest BCUT2D eigenvalue weighted by molar-refractivity contribution is -0.928. The van der Waals surface area contributed by atoms with Crippen molar-refractivity contribution in [2.45, 2.75) is 65.7 Å². The van der Waals surface area contributed by atoms with Gasteiger partial charge in [-0.1, -0.05) is 40.0 Å². The lowest BCUT2D eigenvalue weighted by Crippen LogP contribution is -3.00. The number of unbranched alkanes of at least 4 members (excludes halogenated alkanes) is 3. The number of hydrogen-bond acceptors (Lipinski definition) is 0. The highest BCUT2D eigenvalue weighted by Crippen LogP contribution is 2.16. The SMILES string of the molecule is CCCC[N+](CCCC)(CCCC)CCCCl.[Br-]. The molecule has 0 heterocycles. The number of nitrogens with zero attached hydrogens (tertiary/aromatic N) is 1. The third-order valence-corrected chi connectivity index (χ3v) is 3.99. The molecular formula is C15H33BrClN. The Kier molecular flexibility index (Phi) is 16.5. The molecule has 0 atom stereocenters. The van der Waals surface area contributed by atoms with E-state index in [1.54, 1.807) is 0 Å². The van der Waals surface area contributed by atoms with Gasteiger partial charge in [0, 0.05) is 12.3 Å². The summed E-state index contributed by atoms with van der Waals surface area (Å²) < 4.78 is 1.34. The van der Waals surface area contributed by atoms with Crippen LogP contribution in [0.1, 0.15) is 65.7 Å². The second-order valence-corrected chi connectivity index (χ2v) is 5.72. The number of alkyl halides is 1. The van der Waals surface area contributed by atoms with Gasteiger partial charge >= 0.3 is 0 Å². The summed E-state index contributed by atoms with van der Waals surface area (Å²) in [7, 11) is 0. The minimum absolute atomic E-state index is 0. The minimum atomic E-state index is 0. The van der Waals surface area contributed by atoms with Crippen LogP contribution < -0.4 is 17.0 Å². The van der Waals surface area contributed by atoms with E-state index in [0.717, 1.165) is 5.88 Å². The van der Waals surface area contributed by atoms with Gasteiger partial charge < -0.3 is 21.5 Å². The van der Waals surface area contributed by atoms with Crippen molar-refractivity contribution in [3.8, 4) is 0 Å². The topological polar surface area (TPSA) is 0 Å². The molecule has 0 aliphatic carbocycles. The number of rotatable bonds is 12. The van der Waals surface area contributed by atoms with Crippen LogP contribution in [0, 0.1) is 0 Å². The van der Waals surface area contributed by atoms with E-state index in [4.69, 9.17) is 11.6 Å². The molecule has 0 N–H and O–H groups in total. The maximum absolute atomic E-state index is 5.90. The quantitative estimate of drug-likeness (QED) is 0.375. The molecule has 0 fully saturated rings. The molecule has 112 valence electrons. The van der Waals surface area contributed by atoms with Crippen LogP contribution >= 0.6 is 11.6 Å². The molecule has 18 heavy (non-hydrogen) atoms. The molecule has 0 aromatic carbocycles. The van der Waals surface area contributed by atoms with Crippen LogP contribution in [-0.4, -0.2) is 36.5 Å². The fourth-order valence-corrected chi connectivity index (χ4v) is 2.67. The Morgan fingerprint density at radius 2 is 1.00 bits per heavy atom. The lowest BCUT2D eigenvalue weighted by atomic mass is 10.1. The van der Waals surface area contributed by atoms with Crippen LogP contribution in [0.4, 0.5) is 0 Å². The average molecular weight is 343 g/mol. The highest BCUT2D eigenvalue weighted by atomic mass is 79.9. The molecule has 0 aromatic heterocycles. The maximum atomic E-state index is 5.90. The molecule has 3 heteroatoms. The Hall–Kier alpha value is 0.730. The van der Waals surface area contributed by atoms with Crippen molar-refractivity contribution in [2.75, 3.05) is 32.1 Å². The van der Waals surface area contributed by atoms with E-state index in [0.29, 0.717) is 0 Å². The standard InChI is InChI=1S/C15H33ClN.BrH/c1-4-7-12-17(13-8-5-2,14-9-6-3)15-10-11-16;/h4-15H2,1-3H3;1H/q+1;/p-1. The summed E-state index contributed by atoms with van der Waals surface area (Å²) >= 11 is 5.90. The van der Waals surface area contributed by atoms with Crippen LogP contribution in [0.15, 0.2) is 0 Å². The Balaban J connectivity index is 0. The number of halogens is 2. The highest BCUT2D eigenvalue weighted by molar-refractivity contribution is 6.17. The van der Waals surface area contributed by atoms with Gasteiger partial charge in [0.05, 0.1) is 26.2 Å². The third-order valence-electron chi connectivity index (χ3n) is 3.72. The predicted molar refractivity (Wildman–Crippen MR) is 79.8 cm³/mol. The zero-order valence-electron chi connectivity index (χ0n) is 12.7. The van der Waals surface area contributed by atoms with Crippen molar-refractivity contribution in [2.24, 2.45) is 0 Å². The molecule has 0 radical (unpaired) electrons. The first-order valence-electron chi connectivity index (χ1n) is 7.65. The summed E-state index contributed by atoms with van der Waals surface area (Å²) in [5.41, 5.74) is 0. The summed E-state index contributed by atoms with van der Waals surface area (Å²) in [6, 6.07) is 0. The summed E-state index contributed by atoms with van der Waals surface area (Å²) in [5, 5.41) is 0. The van der Waals surface area contributed by atoms with Gasteiger partial charge in [0.2, 0.25) is 0 Å². The first-order valence-corrected chi connectivity index (χ1v) is 8.19. The average Bonchev–Trinajstić information content (AvgIpc) is 2.37. The van der Waals surface area contributed by atoms with E-state index >= 15 is 0 Å². The second-order valence-electron chi connectivity index (χ2n) is 5.34. The number of quaternary nitrogens is 1. The van der Waals surface area contributed by atoms with E-state index in [-0.39, 0.29) is 17.0 Å². The normalized spacial score (nSPS) is 11.3. The molecule has 0 spiro atoms. The zero-order chi connectivity index (χ0) is 13.0. The molecule has 1 nitrogen and oxygen atoms in total. The van der Waals surface area contributed by atoms with Crippen LogP contribution in [-0.2, 0) is 0 Å². The molecule has 0 saturated heterocycles. The molecular weight excluding hydrogens is 310 g/mol. The smallest absolute Gasteiger partial charge is 0.0798 e. The fourth-order valence-electron chi connectivity index (χ4n) is 2.55. The highest BCUT2D eigenvalue weighted by Gasteiger charge is 2.24. The fraction of sp³-hybridized carbons (Fsp3) is 1.00. The van der Waals surface area contributed by atoms with Crippen LogP contribution in [0.2, 0.25) is 0 Å². The molecule has 0 unspecified atom stereocenters. The van der Waals surface area contributed by atoms with E-state index in [1.165, 1.54) is 75.6 Å². The van der Waals surface area contributed by atoms with Crippen LogP contribution in [0.25, 0.3) is 0 Å². The molecule has 0 saturated carbocycles. The van der Waals surface area contributed by atoms with Gasteiger partial charge in [0.1, 0.15) is 0 Å². The first kappa shape index (κ1) is 21.0. The molecule has 0 rings (SSSR count). The van der Waals surface area contributed by atoms with Gasteiger partial charge in [-0.3, -0.25) is 0 Å². The Morgan fingerprint density at radius 3 is 1.28 bits per heavy atom. The van der Waals surface area contributed by atoms with E-state index in [1.807, 2.05) is 0 Å². The molecule has 0 aliphatic rings. The van der Waals surface area contributed by atoms with Crippen molar-refractivity contribution in [1.29, 1.82) is 0 Å². The molecule has 0 bridgehead atoms. The van der Waals surface area contributed by atoms with Gasteiger partial charge in [0.25, 0.3) is 0 Å². The van der Waals surface area contributed by atoms with Gasteiger partial charge in [-0.2, -0.15) is 0 Å². The van der Waals surface area contributed by atoms with Crippen molar-refractivity contribution < 1.29 is 21.5 Å². The monoisotopic (exact) mass is 341 g/mol. The van der Waals surface area contributed by atoms with Gasteiger partial charge in [-0.05, 0) is 19.3 Å². The Morgan fingerprint density at radius 1 is 0.667 bits per heavy atom. The van der Waals surface area contributed by atoms with E-state index in [2.05, 4.69) is 20.8 Å². The van der Waals surface area contributed by atoms with E-state index in [9.17, 15) is 0 Å².